The van der Waals surface area contributed by atoms with Gasteiger partial charge in [0.15, 0.2) is 5.96 Å². The molecule has 1 aromatic carbocycles. The van der Waals surface area contributed by atoms with Gasteiger partial charge in [-0.3, -0.25) is 0 Å². The Bertz CT molecular complexity index is 812. The molecule has 0 unspecified atom stereocenters. The van der Waals surface area contributed by atoms with E-state index in [0.29, 0.717) is 31.5 Å². The summed E-state index contributed by atoms with van der Waals surface area (Å²) in [6, 6.07) is 9.20. The van der Waals surface area contributed by atoms with Crippen LogP contribution in [0.15, 0.2) is 47.6 Å². The van der Waals surface area contributed by atoms with Crippen LogP contribution in [0.25, 0.3) is 0 Å². The van der Waals surface area contributed by atoms with E-state index < -0.39 is 6.36 Å². The summed E-state index contributed by atoms with van der Waals surface area (Å²) in [6.45, 7) is 1.38. The molecule has 3 rings (SSSR count). The molecule has 0 saturated heterocycles. The van der Waals surface area contributed by atoms with Gasteiger partial charge < -0.3 is 20.5 Å². The van der Waals surface area contributed by atoms with Crippen LogP contribution >= 0.6 is 24.0 Å². The highest BCUT2D eigenvalue weighted by Gasteiger charge is 2.30. The number of nitrogens with two attached hydrogens (primary N) is 1. The Morgan fingerprint density at radius 2 is 1.90 bits per heavy atom. The number of halogens is 4. The van der Waals surface area contributed by atoms with E-state index in [4.69, 9.17) is 10.5 Å². The summed E-state index contributed by atoms with van der Waals surface area (Å²) in [6.07, 6.45) is -0.609. The molecule has 1 aliphatic rings. The Morgan fingerprint density at radius 1 is 1.17 bits per heavy atom. The maximum Gasteiger partial charge on any atom is 0.573 e. The van der Waals surface area contributed by atoms with Crippen LogP contribution < -0.4 is 20.5 Å². The van der Waals surface area contributed by atoms with Gasteiger partial charge in [-0.2, -0.15) is 0 Å². The maximum absolute atomic E-state index is 12.1. The molecule has 1 heterocycles. The third-order valence-electron chi connectivity index (χ3n) is 4.03. The smallest absolute Gasteiger partial charge is 0.477 e. The van der Waals surface area contributed by atoms with Gasteiger partial charge in [0, 0.05) is 18.8 Å². The zero-order valence-corrected chi connectivity index (χ0v) is 17.8. The molecule has 0 bridgehead atoms. The van der Waals surface area contributed by atoms with Crippen molar-refractivity contribution in [1.82, 2.24) is 10.3 Å². The average Bonchev–Trinajstić information content (AvgIpc) is 3.48. The minimum atomic E-state index is -4.70. The number of nitrogens with one attached hydrogen (secondary N) is 1. The molecule has 2 aromatic rings. The second-order valence-electron chi connectivity index (χ2n) is 6.50. The molecule has 158 valence electrons. The molecular weight excluding hydrogens is 500 g/mol. The van der Waals surface area contributed by atoms with Gasteiger partial charge >= 0.3 is 6.36 Å². The Balaban J connectivity index is 0.00000300. The zero-order chi connectivity index (χ0) is 20.0. The molecule has 1 saturated carbocycles. The normalized spacial score (nSPS) is 14.1. The summed E-state index contributed by atoms with van der Waals surface area (Å²) in [7, 11) is 0. The van der Waals surface area contributed by atoms with Crippen molar-refractivity contribution in [3.63, 3.8) is 0 Å². The molecule has 6 nitrogen and oxygen atoms in total. The Hall–Kier alpha value is -2.24. The van der Waals surface area contributed by atoms with Crippen molar-refractivity contribution < 1.29 is 22.6 Å². The highest BCUT2D eigenvalue weighted by molar-refractivity contribution is 14.0. The summed E-state index contributed by atoms with van der Waals surface area (Å²) in [5, 5.41) is 2.92. The van der Waals surface area contributed by atoms with Gasteiger partial charge in [0.25, 0.3) is 0 Å². The van der Waals surface area contributed by atoms with Gasteiger partial charge in [-0.1, -0.05) is 12.1 Å². The maximum atomic E-state index is 12.1. The van der Waals surface area contributed by atoms with Crippen molar-refractivity contribution in [1.29, 1.82) is 0 Å². The van der Waals surface area contributed by atoms with Crippen LogP contribution in [0, 0.1) is 5.92 Å². The van der Waals surface area contributed by atoms with E-state index in [9.17, 15) is 13.2 Å². The first kappa shape index (κ1) is 23.0. The van der Waals surface area contributed by atoms with E-state index in [1.165, 1.54) is 37.1 Å². The number of rotatable bonds is 8. The van der Waals surface area contributed by atoms with Crippen LogP contribution in [0.1, 0.15) is 24.0 Å². The number of aromatic nitrogens is 1. The number of alkyl halides is 3. The molecule has 29 heavy (non-hydrogen) atoms. The molecule has 0 radical (unpaired) electrons. The van der Waals surface area contributed by atoms with Crippen molar-refractivity contribution in [2.75, 3.05) is 6.61 Å². The highest BCUT2D eigenvalue weighted by atomic mass is 127. The fraction of sp³-hybridized carbons (Fsp3) is 0.368. The van der Waals surface area contributed by atoms with Gasteiger partial charge in [0.05, 0.1) is 13.2 Å². The lowest BCUT2D eigenvalue weighted by Crippen LogP contribution is -2.31. The summed E-state index contributed by atoms with van der Waals surface area (Å²) in [4.78, 5) is 8.42. The van der Waals surface area contributed by atoms with Crippen molar-refractivity contribution in [2.45, 2.75) is 32.3 Å². The lowest BCUT2D eigenvalue weighted by molar-refractivity contribution is -0.274. The van der Waals surface area contributed by atoms with Crippen molar-refractivity contribution >= 4 is 29.9 Å². The van der Waals surface area contributed by atoms with E-state index in [2.05, 4.69) is 20.0 Å². The Labute approximate surface area is 183 Å². The standard InChI is InChI=1S/C19H21F3N4O2.HI/c20-19(21,22)28-16-5-3-13(4-6-16)10-25-18(23)26-11-15-7-8-24-17(9-15)27-12-14-1-2-14;/h3-9,14H,1-2,10-12H2,(H3,23,25,26);1H. The first-order chi connectivity index (χ1) is 13.4. The van der Waals surface area contributed by atoms with Gasteiger partial charge in [0.1, 0.15) is 5.75 Å². The Kier molecular flexibility index (Phi) is 8.35. The first-order valence-corrected chi connectivity index (χ1v) is 8.83. The SMILES string of the molecule is I.NC(=NCc1ccnc(OCC2CC2)c1)NCc1ccc(OC(F)(F)F)cc1. The van der Waals surface area contributed by atoms with E-state index in [0.717, 1.165) is 11.1 Å². The third kappa shape index (κ3) is 8.75. The number of pyridine rings is 1. The lowest BCUT2D eigenvalue weighted by Gasteiger charge is -2.10. The molecule has 1 aromatic heterocycles. The van der Waals surface area contributed by atoms with Crippen LogP contribution in [0.3, 0.4) is 0 Å². The van der Waals surface area contributed by atoms with Crippen molar-refractivity contribution in [3.8, 4) is 11.6 Å². The lowest BCUT2D eigenvalue weighted by atomic mass is 10.2. The zero-order valence-electron chi connectivity index (χ0n) is 15.5. The van der Waals surface area contributed by atoms with E-state index in [-0.39, 0.29) is 35.7 Å². The fourth-order valence-corrected chi connectivity index (χ4v) is 2.35. The number of hydrogen-bond acceptors (Lipinski definition) is 4. The van der Waals surface area contributed by atoms with E-state index in [1.54, 1.807) is 6.20 Å². The quantitative estimate of drug-likeness (QED) is 0.312. The number of guanidine groups is 1. The minimum Gasteiger partial charge on any atom is -0.477 e. The largest absolute Gasteiger partial charge is 0.573 e. The summed E-state index contributed by atoms with van der Waals surface area (Å²) in [5.41, 5.74) is 7.50. The van der Waals surface area contributed by atoms with Crippen LogP contribution in [0.2, 0.25) is 0 Å². The second-order valence-corrected chi connectivity index (χ2v) is 6.50. The molecule has 1 aliphatic carbocycles. The summed E-state index contributed by atoms with van der Waals surface area (Å²) < 4.78 is 45.9. The summed E-state index contributed by atoms with van der Waals surface area (Å²) in [5.74, 6) is 1.19. The predicted octanol–water partition coefficient (Wildman–Crippen LogP) is 3.99. The topological polar surface area (TPSA) is 81.8 Å². The molecule has 1 fully saturated rings. The van der Waals surface area contributed by atoms with Crippen molar-refractivity contribution in [3.05, 3.63) is 53.7 Å². The van der Waals surface area contributed by atoms with Gasteiger partial charge in [-0.05, 0) is 48.1 Å². The van der Waals surface area contributed by atoms with Crippen LogP contribution in [-0.4, -0.2) is 23.9 Å². The number of aliphatic imine (C=N–C) groups is 1. The second kappa shape index (κ2) is 10.5. The third-order valence-corrected chi connectivity index (χ3v) is 4.03. The molecule has 0 aliphatic heterocycles. The highest BCUT2D eigenvalue weighted by Crippen LogP contribution is 2.29. The predicted molar refractivity (Wildman–Crippen MR) is 113 cm³/mol. The number of hydrogen-bond donors (Lipinski definition) is 2. The monoisotopic (exact) mass is 522 g/mol. The van der Waals surface area contributed by atoms with Crippen LogP contribution in [0.4, 0.5) is 13.2 Å². The van der Waals surface area contributed by atoms with E-state index in [1.807, 2.05) is 12.1 Å². The van der Waals surface area contributed by atoms with Gasteiger partial charge in [-0.25, -0.2) is 9.98 Å². The average molecular weight is 522 g/mol. The molecule has 0 spiro atoms. The minimum absolute atomic E-state index is 0. The molecular formula is C19H22F3IN4O2. The number of benzene rings is 1. The fourth-order valence-electron chi connectivity index (χ4n) is 2.35. The number of ether oxygens (including phenoxy) is 2. The first-order valence-electron chi connectivity index (χ1n) is 8.83. The summed E-state index contributed by atoms with van der Waals surface area (Å²) >= 11 is 0. The van der Waals surface area contributed by atoms with E-state index >= 15 is 0 Å². The molecule has 0 atom stereocenters. The van der Waals surface area contributed by atoms with Gasteiger partial charge in [-0.15, -0.1) is 37.1 Å². The molecule has 10 heteroatoms. The van der Waals surface area contributed by atoms with Crippen molar-refractivity contribution in [2.24, 2.45) is 16.6 Å². The molecule has 0 amide bonds. The van der Waals surface area contributed by atoms with Crippen LogP contribution in [0.5, 0.6) is 11.6 Å². The number of nitrogens with zero attached hydrogens (tertiary/aromatic N) is 2. The van der Waals surface area contributed by atoms with Crippen LogP contribution in [-0.2, 0) is 13.1 Å². The van der Waals surface area contributed by atoms with Gasteiger partial charge in [0.2, 0.25) is 5.88 Å². The molecule has 3 N–H and O–H groups in total. The Morgan fingerprint density at radius 3 is 2.55 bits per heavy atom.